The molecule has 0 N–H and O–H groups in total. The van der Waals surface area contributed by atoms with Crippen LogP contribution in [0.15, 0.2) is 45.8 Å². The fourth-order valence-electron chi connectivity index (χ4n) is 2.00. The summed E-state index contributed by atoms with van der Waals surface area (Å²) in [4.78, 5) is 0.151. The summed E-state index contributed by atoms with van der Waals surface area (Å²) in [7, 11) is -2.05. The molecule has 2 aromatic rings. The second-order valence-corrected chi connectivity index (χ2v) is 6.73. The van der Waals surface area contributed by atoms with Crippen LogP contribution in [0.3, 0.4) is 0 Å². The Labute approximate surface area is 124 Å². The number of aryl methyl sites for hydroxylation is 2. The van der Waals surface area contributed by atoms with Gasteiger partial charge in [0.25, 0.3) is 0 Å². The van der Waals surface area contributed by atoms with Crippen LogP contribution in [0.2, 0.25) is 0 Å². The molecule has 0 aliphatic carbocycles. The molecule has 0 unspecified atom stereocenters. The average molecular weight is 306 g/mol. The third-order valence-electron chi connectivity index (χ3n) is 3.11. The van der Waals surface area contributed by atoms with E-state index in [0.717, 1.165) is 5.56 Å². The van der Waals surface area contributed by atoms with Gasteiger partial charge in [-0.2, -0.15) is 4.31 Å². The normalized spacial score (nSPS) is 12.4. The molecule has 0 amide bonds. The third-order valence-corrected chi connectivity index (χ3v) is 5.18. The second kappa shape index (κ2) is 6.24. The number of likely N-dealkylation sites (N-methyl/N-ethyl adjacent to an activating group) is 1. The van der Waals surface area contributed by atoms with E-state index in [0.29, 0.717) is 11.5 Å². The molecule has 0 aliphatic heterocycles. The Bertz CT molecular complexity index is 714. The molecule has 0 fully saturated rings. The first-order valence-electron chi connectivity index (χ1n) is 6.53. The van der Waals surface area contributed by atoms with Gasteiger partial charge >= 0.3 is 0 Å². The molecule has 6 heteroatoms. The lowest BCUT2D eigenvalue weighted by atomic mass is 10.2. The maximum absolute atomic E-state index is 12.5. The van der Waals surface area contributed by atoms with E-state index in [1.807, 2.05) is 42.5 Å². The van der Waals surface area contributed by atoms with Crippen molar-refractivity contribution in [3.8, 4) is 0 Å². The Morgan fingerprint density at radius 2 is 1.90 bits per heavy atom. The van der Waals surface area contributed by atoms with E-state index in [1.165, 1.54) is 11.4 Å². The number of benzene rings is 1. The minimum atomic E-state index is -3.59. The Balaban J connectivity index is 2.13. The van der Waals surface area contributed by atoms with Gasteiger partial charge in [-0.1, -0.05) is 47.6 Å². The van der Waals surface area contributed by atoms with E-state index in [1.54, 1.807) is 13.8 Å². The highest BCUT2D eigenvalue weighted by atomic mass is 32.2. The smallest absolute Gasteiger partial charge is 0.248 e. The van der Waals surface area contributed by atoms with Gasteiger partial charge in [0, 0.05) is 13.6 Å². The van der Waals surface area contributed by atoms with Gasteiger partial charge in [-0.3, -0.25) is 0 Å². The van der Waals surface area contributed by atoms with Gasteiger partial charge in [0.05, 0.1) is 0 Å². The summed E-state index contributed by atoms with van der Waals surface area (Å²) < 4.78 is 31.1. The molecule has 0 saturated carbocycles. The monoisotopic (exact) mass is 306 g/mol. The van der Waals surface area contributed by atoms with Gasteiger partial charge < -0.3 is 4.52 Å². The lowest BCUT2D eigenvalue weighted by Gasteiger charge is -2.14. The maximum atomic E-state index is 12.5. The molecule has 0 spiro atoms. The Hall–Kier alpha value is -1.92. The summed E-state index contributed by atoms with van der Waals surface area (Å²) >= 11 is 0. The zero-order valence-corrected chi connectivity index (χ0v) is 13.1. The lowest BCUT2D eigenvalue weighted by Crippen LogP contribution is -2.27. The van der Waals surface area contributed by atoms with E-state index >= 15 is 0 Å². The quantitative estimate of drug-likeness (QED) is 0.852. The first-order chi connectivity index (χ1) is 9.93. The van der Waals surface area contributed by atoms with E-state index in [4.69, 9.17) is 4.52 Å². The highest BCUT2D eigenvalue weighted by Crippen LogP contribution is 2.22. The van der Waals surface area contributed by atoms with Crippen LogP contribution in [0.25, 0.3) is 6.08 Å². The molecular formula is C15H18N2O3S. The highest BCUT2D eigenvalue weighted by Gasteiger charge is 2.27. The van der Waals surface area contributed by atoms with Crippen molar-refractivity contribution in [3.63, 3.8) is 0 Å². The minimum Gasteiger partial charge on any atom is -0.360 e. The van der Waals surface area contributed by atoms with Crippen molar-refractivity contribution >= 4 is 16.1 Å². The summed E-state index contributed by atoms with van der Waals surface area (Å²) in [5.41, 5.74) is 1.41. The summed E-state index contributed by atoms with van der Waals surface area (Å²) in [6.45, 7) is 3.50. The van der Waals surface area contributed by atoms with Gasteiger partial charge in [0.2, 0.25) is 10.0 Å². The molecule has 5 nitrogen and oxygen atoms in total. The van der Waals surface area contributed by atoms with E-state index < -0.39 is 10.0 Å². The van der Waals surface area contributed by atoms with Crippen LogP contribution < -0.4 is 0 Å². The van der Waals surface area contributed by atoms with Gasteiger partial charge in [-0.15, -0.1) is 0 Å². The van der Waals surface area contributed by atoms with Crippen molar-refractivity contribution in [2.75, 3.05) is 13.6 Å². The summed E-state index contributed by atoms with van der Waals surface area (Å²) in [5.74, 6) is 0.311. The number of rotatable bonds is 5. The predicted octanol–water partition coefficient (Wildman–Crippen LogP) is 2.63. The number of nitrogens with zero attached hydrogens (tertiary/aromatic N) is 2. The zero-order valence-electron chi connectivity index (χ0n) is 12.3. The summed E-state index contributed by atoms with van der Waals surface area (Å²) in [6, 6.07) is 9.72. The standard InChI is InChI=1S/C15H18N2O3S/c1-12-15(13(2)20-16-12)21(18,19)17(3)11-7-10-14-8-5-4-6-9-14/h4-10H,11H2,1-3H3/b10-7+. The summed E-state index contributed by atoms with van der Waals surface area (Å²) in [6.07, 6.45) is 3.70. The SMILES string of the molecule is Cc1noc(C)c1S(=O)(=O)N(C)C/C=C/c1ccccc1. The lowest BCUT2D eigenvalue weighted by molar-refractivity contribution is 0.390. The topological polar surface area (TPSA) is 63.4 Å². The maximum Gasteiger partial charge on any atom is 0.248 e. The van der Waals surface area contributed by atoms with Crippen molar-refractivity contribution in [3.05, 3.63) is 53.4 Å². The molecule has 2 rings (SSSR count). The molecule has 21 heavy (non-hydrogen) atoms. The van der Waals surface area contributed by atoms with Crippen LogP contribution in [0.5, 0.6) is 0 Å². The molecule has 1 heterocycles. The molecule has 0 bridgehead atoms. The number of sulfonamides is 1. The molecule has 1 aromatic carbocycles. The largest absolute Gasteiger partial charge is 0.360 e. The van der Waals surface area contributed by atoms with Crippen LogP contribution in [-0.4, -0.2) is 31.5 Å². The zero-order chi connectivity index (χ0) is 15.5. The first kappa shape index (κ1) is 15.5. The van der Waals surface area contributed by atoms with Gasteiger partial charge in [0.15, 0.2) is 5.76 Å². The molecular weight excluding hydrogens is 288 g/mol. The minimum absolute atomic E-state index is 0.151. The van der Waals surface area contributed by atoms with Gasteiger partial charge in [-0.25, -0.2) is 8.42 Å². The number of aromatic nitrogens is 1. The van der Waals surface area contributed by atoms with Gasteiger partial charge in [0.1, 0.15) is 10.6 Å². The van der Waals surface area contributed by atoms with E-state index in [2.05, 4.69) is 5.16 Å². The molecule has 0 aliphatic rings. The Morgan fingerprint density at radius 1 is 1.24 bits per heavy atom. The molecule has 1 aromatic heterocycles. The summed E-state index contributed by atoms with van der Waals surface area (Å²) in [5, 5.41) is 3.69. The fourth-order valence-corrected chi connectivity index (χ4v) is 3.40. The van der Waals surface area contributed by atoms with Gasteiger partial charge in [-0.05, 0) is 19.4 Å². The van der Waals surface area contributed by atoms with Crippen LogP contribution in [0.1, 0.15) is 17.0 Å². The van der Waals surface area contributed by atoms with Crippen molar-refractivity contribution in [1.82, 2.24) is 9.46 Å². The van der Waals surface area contributed by atoms with Crippen molar-refractivity contribution in [2.24, 2.45) is 0 Å². The average Bonchev–Trinajstić information content (AvgIpc) is 2.79. The van der Waals surface area contributed by atoms with E-state index in [-0.39, 0.29) is 11.4 Å². The van der Waals surface area contributed by atoms with E-state index in [9.17, 15) is 8.42 Å². The van der Waals surface area contributed by atoms with Crippen LogP contribution in [0.4, 0.5) is 0 Å². The molecule has 0 saturated heterocycles. The number of hydrogen-bond donors (Lipinski definition) is 0. The Kier molecular flexibility index (Phi) is 4.59. The second-order valence-electron chi connectivity index (χ2n) is 4.75. The van der Waals surface area contributed by atoms with Crippen LogP contribution >= 0.6 is 0 Å². The highest BCUT2D eigenvalue weighted by molar-refractivity contribution is 7.89. The third kappa shape index (κ3) is 3.40. The Morgan fingerprint density at radius 3 is 2.48 bits per heavy atom. The molecule has 0 atom stereocenters. The predicted molar refractivity (Wildman–Crippen MR) is 81.3 cm³/mol. The first-order valence-corrected chi connectivity index (χ1v) is 7.97. The van der Waals surface area contributed by atoms with Crippen LogP contribution in [-0.2, 0) is 10.0 Å². The van der Waals surface area contributed by atoms with Crippen LogP contribution in [0, 0.1) is 13.8 Å². The van der Waals surface area contributed by atoms with Crippen molar-refractivity contribution in [1.29, 1.82) is 0 Å². The number of hydrogen-bond acceptors (Lipinski definition) is 4. The molecule has 112 valence electrons. The fraction of sp³-hybridized carbons (Fsp3) is 0.267. The van der Waals surface area contributed by atoms with Crippen molar-refractivity contribution < 1.29 is 12.9 Å². The van der Waals surface area contributed by atoms with Crippen molar-refractivity contribution in [2.45, 2.75) is 18.7 Å². The molecule has 0 radical (unpaired) electrons.